The van der Waals surface area contributed by atoms with E-state index in [4.69, 9.17) is 4.74 Å². The third kappa shape index (κ3) is 5.75. The highest BCUT2D eigenvalue weighted by atomic mass is 32.2. The highest BCUT2D eigenvalue weighted by molar-refractivity contribution is 7.92. The molecule has 4 aromatic rings. The normalized spacial score (nSPS) is 11.6. The minimum Gasteiger partial charge on any atom is -0.487 e. The predicted molar refractivity (Wildman–Crippen MR) is 141 cm³/mol. The van der Waals surface area contributed by atoms with Crippen LogP contribution in [0.3, 0.4) is 0 Å². The molecule has 0 amide bonds. The van der Waals surface area contributed by atoms with Gasteiger partial charge in [-0.15, -0.1) is 0 Å². The molecular formula is C27H30N4O5S. The number of rotatable bonds is 9. The largest absolute Gasteiger partial charge is 0.487 e. The molecule has 2 heterocycles. The fourth-order valence-electron chi connectivity index (χ4n) is 3.88. The third-order valence-corrected chi connectivity index (χ3v) is 7.80. The lowest BCUT2D eigenvalue weighted by Crippen LogP contribution is -2.34. The number of H-pyrrole nitrogens is 1. The van der Waals surface area contributed by atoms with E-state index < -0.39 is 15.8 Å². The minimum atomic E-state index is -3.88. The van der Waals surface area contributed by atoms with Crippen LogP contribution in [0.1, 0.15) is 36.1 Å². The van der Waals surface area contributed by atoms with Crippen molar-refractivity contribution in [1.82, 2.24) is 15.1 Å². The zero-order valence-corrected chi connectivity index (χ0v) is 22.3. The van der Waals surface area contributed by atoms with Gasteiger partial charge in [0.15, 0.2) is 5.82 Å². The van der Waals surface area contributed by atoms with Gasteiger partial charge in [0.25, 0.3) is 10.0 Å². The molecular weight excluding hydrogens is 492 g/mol. The first kappa shape index (κ1) is 26.2. The molecule has 2 aromatic carbocycles. The maximum absolute atomic E-state index is 13.7. The molecule has 2 aromatic heterocycles. The van der Waals surface area contributed by atoms with Crippen LogP contribution in [0.25, 0.3) is 11.4 Å². The summed E-state index contributed by atoms with van der Waals surface area (Å²) in [6, 6.07) is 12.5. The molecule has 0 fully saturated rings. The fraction of sp³-hybridized carbons (Fsp3) is 0.296. The van der Waals surface area contributed by atoms with Crippen molar-refractivity contribution in [2.24, 2.45) is 5.92 Å². The van der Waals surface area contributed by atoms with Crippen LogP contribution in [0.4, 0.5) is 5.69 Å². The molecule has 1 N–H and O–H groups in total. The first-order valence-electron chi connectivity index (χ1n) is 11.9. The second kappa shape index (κ2) is 10.6. The summed E-state index contributed by atoms with van der Waals surface area (Å²) in [7, 11) is -3.88. The molecule has 4 rings (SSSR count). The maximum atomic E-state index is 13.7. The lowest BCUT2D eigenvalue weighted by Gasteiger charge is -2.28. The van der Waals surface area contributed by atoms with E-state index in [9.17, 15) is 13.2 Å². The van der Waals surface area contributed by atoms with Gasteiger partial charge >= 0.3 is 5.76 Å². The number of aromatic nitrogens is 3. The summed E-state index contributed by atoms with van der Waals surface area (Å²) in [6.07, 6.45) is 2.90. The summed E-state index contributed by atoms with van der Waals surface area (Å²) in [5, 5.41) is 3.73. The van der Waals surface area contributed by atoms with E-state index in [1.54, 1.807) is 18.3 Å². The average molecular weight is 523 g/mol. The van der Waals surface area contributed by atoms with Crippen LogP contribution in [0.2, 0.25) is 0 Å². The molecule has 0 atom stereocenters. The number of pyridine rings is 1. The number of aromatic amines is 1. The molecule has 0 spiro atoms. The van der Waals surface area contributed by atoms with Crippen LogP contribution in [-0.2, 0) is 16.6 Å². The van der Waals surface area contributed by atoms with Crippen LogP contribution in [0.15, 0.2) is 69.1 Å². The van der Waals surface area contributed by atoms with Gasteiger partial charge in [-0.25, -0.2) is 13.2 Å². The van der Waals surface area contributed by atoms with Crippen molar-refractivity contribution in [2.45, 2.75) is 46.1 Å². The number of benzene rings is 2. The first-order valence-corrected chi connectivity index (χ1v) is 13.3. The number of aryl methyl sites for hydroxylation is 3. The van der Waals surface area contributed by atoms with E-state index in [0.29, 0.717) is 22.8 Å². The second-order valence-electron chi connectivity index (χ2n) is 9.40. The molecule has 0 bridgehead atoms. The molecule has 0 aliphatic rings. The van der Waals surface area contributed by atoms with E-state index in [1.165, 1.54) is 10.5 Å². The van der Waals surface area contributed by atoms with Crippen molar-refractivity contribution in [3.63, 3.8) is 0 Å². The SMILES string of the molecule is Cc1cc(OCc2ccc(-c3noc(=O)[nH]3)cc2C)c(N(CC(C)C)S(=O)(=O)c2cccnc2)cc1C. The van der Waals surface area contributed by atoms with Crippen molar-refractivity contribution in [1.29, 1.82) is 0 Å². The van der Waals surface area contributed by atoms with Gasteiger partial charge in [0.05, 0.1) is 5.69 Å². The Kier molecular flexibility index (Phi) is 7.49. The van der Waals surface area contributed by atoms with E-state index in [2.05, 4.69) is 19.6 Å². The highest BCUT2D eigenvalue weighted by Gasteiger charge is 2.29. The first-order chi connectivity index (χ1) is 17.6. The van der Waals surface area contributed by atoms with Gasteiger partial charge in [-0.3, -0.25) is 18.8 Å². The number of nitrogens with one attached hydrogen (secondary N) is 1. The number of hydrogen-bond acceptors (Lipinski definition) is 7. The highest BCUT2D eigenvalue weighted by Crippen LogP contribution is 2.36. The fourth-order valence-corrected chi connectivity index (χ4v) is 5.48. The molecule has 0 unspecified atom stereocenters. The molecule has 0 saturated carbocycles. The Morgan fingerprint density at radius 3 is 2.43 bits per heavy atom. The van der Waals surface area contributed by atoms with Crippen molar-refractivity contribution < 1.29 is 17.7 Å². The maximum Gasteiger partial charge on any atom is 0.439 e. The Morgan fingerprint density at radius 2 is 1.81 bits per heavy atom. The Hall–Kier alpha value is -3.92. The number of nitrogens with zero attached hydrogens (tertiary/aromatic N) is 3. The zero-order valence-electron chi connectivity index (χ0n) is 21.5. The van der Waals surface area contributed by atoms with Gasteiger partial charge in [-0.2, -0.15) is 0 Å². The van der Waals surface area contributed by atoms with Gasteiger partial charge in [-0.05, 0) is 79.3 Å². The van der Waals surface area contributed by atoms with Crippen LogP contribution in [-0.4, -0.2) is 30.1 Å². The molecule has 0 aliphatic heterocycles. The van der Waals surface area contributed by atoms with Gasteiger partial charge in [0.2, 0.25) is 0 Å². The topological polar surface area (TPSA) is 118 Å². The van der Waals surface area contributed by atoms with Crippen LogP contribution in [0, 0.1) is 26.7 Å². The standard InChI is InChI=1S/C27H30N4O5S/c1-17(2)15-31(37(33,34)23-7-6-10-28-14-23)24-12-18(3)19(4)13-25(24)35-16-22-9-8-21(11-20(22)5)26-29-27(32)36-30-26/h6-14,17H,15-16H2,1-5H3,(H,29,30,32). The Morgan fingerprint density at radius 1 is 1.05 bits per heavy atom. The van der Waals surface area contributed by atoms with Gasteiger partial charge in [-0.1, -0.05) is 31.1 Å². The number of hydrogen-bond donors (Lipinski definition) is 1. The quantitative estimate of drug-likeness (QED) is 0.336. The molecule has 37 heavy (non-hydrogen) atoms. The molecule has 9 nitrogen and oxygen atoms in total. The summed E-state index contributed by atoms with van der Waals surface area (Å²) in [4.78, 5) is 18.0. The summed E-state index contributed by atoms with van der Waals surface area (Å²) in [5.41, 5.74) is 4.97. The Balaban J connectivity index is 1.70. The van der Waals surface area contributed by atoms with E-state index in [1.807, 2.05) is 65.0 Å². The zero-order chi connectivity index (χ0) is 26.7. The number of sulfonamides is 1. The summed E-state index contributed by atoms with van der Waals surface area (Å²) >= 11 is 0. The van der Waals surface area contributed by atoms with E-state index >= 15 is 0 Å². The van der Waals surface area contributed by atoms with Crippen LogP contribution >= 0.6 is 0 Å². The lowest BCUT2D eigenvalue weighted by molar-refractivity contribution is 0.306. The summed E-state index contributed by atoms with van der Waals surface area (Å²) in [5.74, 6) is 0.274. The lowest BCUT2D eigenvalue weighted by atomic mass is 10.1. The van der Waals surface area contributed by atoms with Crippen LogP contribution < -0.4 is 14.8 Å². The van der Waals surface area contributed by atoms with Gasteiger partial charge in [0, 0.05) is 24.5 Å². The number of ether oxygens (including phenoxy) is 1. The van der Waals surface area contributed by atoms with E-state index in [-0.39, 0.29) is 24.0 Å². The minimum absolute atomic E-state index is 0.0682. The molecule has 10 heteroatoms. The average Bonchev–Trinajstić information content (AvgIpc) is 3.30. The van der Waals surface area contributed by atoms with E-state index in [0.717, 1.165) is 22.3 Å². The van der Waals surface area contributed by atoms with Crippen molar-refractivity contribution in [2.75, 3.05) is 10.8 Å². The third-order valence-electron chi connectivity index (χ3n) is 6.04. The Labute approximate surface area is 216 Å². The molecule has 0 aliphatic carbocycles. The van der Waals surface area contributed by atoms with Crippen molar-refractivity contribution in [3.05, 3.63) is 87.7 Å². The van der Waals surface area contributed by atoms with Crippen molar-refractivity contribution >= 4 is 15.7 Å². The molecule has 0 saturated heterocycles. The molecule has 194 valence electrons. The monoisotopic (exact) mass is 522 g/mol. The smallest absolute Gasteiger partial charge is 0.439 e. The van der Waals surface area contributed by atoms with Crippen molar-refractivity contribution in [3.8, 4) is 17.1 Å². The summed E-state index contributed by atoms with van der Waals surface area (Å²) in [6.45, 7) is 10.3. The predicted octanol–water partition coefficient (Wildman–Crippen LogP) is 4.78. The second-order valence-corrected chi connectivity index (χ2v) is 11.3. The summed E-state index contributed by atoms with van der Waals surface area (Å²) < 4.78 is 39.7. The number of anilines is 1. The Bertz CT molecular complexity index is 1560. The van der Waals surface area contributed by atoms with Gasteiger partial charge in [0.1, 0.15) is 17.3 Å². The molecule has 0 radical (unpaired) electrons. The van der Waals surface area contributed by atoms with Crippen LogP contribution in [0.5, 0.6) is 5.75 Å². The van der Waals surface area contributed by atoms with Gasteiger partial charge < -0.3 is 4.74 Å².